The molecule has 0 aromatic carbocycles. The van der Waals surface area contributed by atoms with E-state index >= 15 is 0 Å². The summed E-state index contributed by atoms with van der Waals surface area (Å²) in [5, 5.41) is 2.63. The molecule has 0 bridgehead atoms. The van der Waals surface area contributed by atoms with Gasteiger partial charge < -0.3 is 16.0 Å². The summed E-state index contributed by atoms with van der Waals surface area (Å²) in [7, 11) is 1.68. The first-order valence-corrected chi connectivity index (χ1v) is 5.87. The summed E-state index contributed by atoms with van der Waals surface area (Å²) in [6.45, 7) is 5.90. The summed E-state index contributed by atoms with van der Waals surface area (Å²) < 4.78 is 0. The van der Waals surface area contributed by atoms with Gasteiger partial charge in [0.25, 0.3) is 0 Å². The van der Waals surface area contributed by atoms with E-state index in [-0.39, 0.29) is 5.91 Å². The molecule has 0 saturated carbocycles. The molecule has 0 aliphatic rings. The van der Waals surface area contributed by atoms with Crippen LogP contribution in [-0.4, -0.2) is 44.0 Å². The first-order valence-electron chi connectivity index (χ1n) is 5.87. The third kappa shape index (κ3) is 8.39. The molecule has 0 heterocycles. The number of hydrogen-bond donors (Lipinski definition) is 2. The highest BCUT2D eigenvalue weighted by atomic mass is 16.1. The normalized spacial score (nSPS) is 10.7. The lowest BCUT2D eigenvalue weighted by molar-refractivity contribution is -0.120. The summed E-state index contributed by atoms with van der Waals surface area (Å²) in [4.78, 5) is 13.4. The first-order chi connectivity index (χ1) is 7.24. The molecular weight excluding hydrogens is 190 g/mol. The van der Waals surface area contributed by atoms with Gasteiger partial charge >= 0.3 is 0 Å². The first kappa shape index (κ1) is 14.4. The fraction of sp³-hybridized carbons (Fsp3) is 0.909. The van der Waals surface area contributed by atoms with Crippen molar-refractivity contribution >= 4 is 5.91 Å². The van der Waals surface area contributed by atoms with E-state index in [0.717, 1.165) is 26.1 Å². The summed E-state index contributed by atoms with van der Waals surface area (Å²) in [6, 6.07) is 0. The van der Waals surface area contributed by atoms with Crippen LogP contribution < -0.4 is 11.1 Å². The van der Waals surface area contributed by atoms with E-state index in [1.807, 2.05) is 0 Å². The van der Waals surface area contributed by atoms with Gasteiger partial charge in [0.1, 0.15) is 0 Å². The van der Waals surface area contributed by atoms with Crippen molar-refractivity contribution in [2.45, 2.75) is 32.6 Å². The lowest BCUT2D eigenvalue weighted by atomic mass is 10.2. The van der Waals surface area contributed by atoms with Gasteiger partial charge in [-0.05, 0) is 25.9 Å². The summed E-state index contributed by atoms with van der Waals surface area (Å²) in [6.07, 6.45) is 3.95. The van der Waals surface area contributed by atoms with Gasteiger partial charge in [-0.15, -0.1) is 0 Å². The highest BCUT2D eigenvalue weighted by Gasteiger charge is 2.04. The van der Waals surface area contributed by atoms with E-state index in [9.17, 15) is 4.79 Å². The van der Waals surface area contributed by atoms with Crippen molar-refractivity contribution in [3.8, 4) is 0 Å². The maximum absolute atomic E-state index is 11.0. The third-order valence-corrected chi connectivity index (χ3v) is 2.43. The lowest BCUT2D eigenvalue weighted by Gasteiger charge is -2.20. The Kier molecular flexibility index (Phi) is 9.52. The maximum atomic E-state index is 11.0. The quantitative estimate of drug-likeness (QED) is 0.591. The molecule has 0 spiro atoms. The molecule has 0 fully saturated rings. The van der Waals surface area contributed by atoms with Crippen molar-refractivity contribution in [2.75, 3.05) is 33.2 Å². The van der Waals surface area contributed by atoms with Crippen molar-refractivity contribution in [1.82, 2.24) is 10.2 Å². The van der Waals surface area contributed by atoms with Crippen LogP contribution in [0.5, 0.6) is 0 Å². The molecule has 15 heavy (non-hydrogen) atoms. The van der Waals surface area contributed by atoms with E-state index < -0.39 is 0 Å². The second kappa shape index (κ2) is 9.93. The summed E-state index contributed by atoms with van der Waals surface area (Å²) in [5.41, 5.74) is 5.54. The average Bonchev–Trinajstić information content (AvgIpc) is 2.25. The van der Waals surface area contributed by atoms with E-state index in [1.165, 1.54) is 12.8 Å². The molecule has 1 amide bonds. The van der Waals surface area contributed by atoms with E-state index in [1.54, 1.807) is 7.05 Å². The molecule has 0 atom stereocenters. The maximum Gasteiger partial charge on any atom is 0.219 e. The highest BCUT2D eigenvalue weighted by Crippen LogP contribution is 1.98. The third-order valence-electron chi connectivity index (χ3n) is 2.43. The van der Waals surface area contributed by atoms with Crippen LogP contribution in [0, 0.1) is 0 Å². The molecule has 0 rings (SSSR count). The zero-order valence-corrected chi connectivity index (χ0v) is 10.1. The Hall–Kier alpha value is -0.610. The van der Waals surface area contributed by atoms with Crippen LogP contribution in [0.25, 0.3) is 0 Å². The second-order valence-electron chi connectivity index (χ2n) is 3.76. The van der Waals surface area contributed by atoms with Gasteiger partial charge in [0.05, 0.1) is 0 Å². The molecule has 3 N–H and O–H groups in total. The Bertz CT molecular complexity index is 162. The summed E-state index contributed by atoms with van der Waals surface area (Å²) >= 11 is 0. The van der Waals surface area contributed by atoms with Crippen LogP contribution in [0.4, 0.5) is 0 Å². The Morgan fingerprint density at radius 3 is 2.47 bits per heavy atom. The predicted octanol–water partition coefficient (Wildman–Crippen LogP) is 0.573. The molecule has 0 aromatic rings. The van der Waals surface area contributed by atoms with Crippen LogP contribution in [0.2, 0.25) is 0 Å². The number of nitrogens with one attached hydrogen (secondary N) is 1. The van der Waals surface area contributed by atoms with Crippen LogP contribution in [0.3, 0.4) is 0 Å². The zero-order chi connectivity index (χ0) is 11.5. The van der Waals surface area contributed by atoms with Gasteiger partial charge in [-0.2, -0.15) is 0 Å². The van der Waals surface area contributed by atoms with Crippen molar-refractivity contribution in [1.29, 1.82) is 0 Å². The molecule has 4 heteroatoms. The Balaban J connectivity index is 3.60. The molecule has 4 nitrogen and oxygen atoms in total. The number of unbranched alkanes of at least 4 members (excludes halogenated alkanes) is 1. The minimum Gasteiger partial charge on any atom is -0.359 e. The fourth-order valence-corrected chi connectivity index (χ4v) is 1.49. The molecule has 90 valence electrons. The van der Waals surface area contributed by atoms with E-state index in [4.69, 9.17) is 5.73 Å². The molecule has 0 saturated heterocycles. The number of rotatable bonds is 9. The SMILES string of the molecule is CCCCN(CCN)CCCC(=O)NC. The molecule has 0 aliphatic carbocycles. The average molecular weight is 215 g/mol. The largest absolute Gasteiger partial charge is 0.359 e. The molecular formula is C11H25N3O. The lowest BCUT2D eigenvalue weighted by Crippen LogP contribution is -2.32. The number of carbonyl (C=O) groups excluding carboxylic acids is 1. The molecule has 0 aliphatic heterocycles. The minimum absolute atomic E-state index is 0.123. The predicted molar refractivity (Wildman–Crippen MR) is 63.7 cm³/mol. The van der Waals surface area contributed by atoms with E-state index in [0.29, 0.717) is 13.0 Å². The smallest absolute Gasteiger partial charge is 0.219 e. The monoisotopic (exact) mass is 215 g/mol. The molecule has 0 unspecified atom stereocenters. The van der Waals surface area contributed by atoms with Crippen LogP contribution in [-0.2, 0) is 4.79 Å². The zero-order valence-electron chi connectivity index (χ0n) is 10.1. The number of amides is 1. The fourth-order valence-electron chi connectivity index (χ4n) is 1.49. The van der Waals surface area contributed by atoms with Gasteiger partial charge in [0, 0.05) is 26.6 Å². The number of hydrogen-bond acceptors (Lipinski definition) is 3. The Labute approximate surface area is 93.2 Å². The summed E-state index contributed by atoms with van der Waals surface area (Å²) in [5.74, 6) is 0.123. The van der Waals surface area contributed by atoms with Crippen LogP contribution in [0.1, 0.15) is 32.6 Å². The van der Waals surface area contributed by atoms with E-state index in [2.05, 4.69) is 17.1 Å². The Morgan fingerprint density at radius 1 is 1.27 bits per heavy atom. The van der Waals surface area contributed by atoms with Gasteiger partial charge in [0.2, 0.25) is 5.91 Å². The topological polar surface area (TPSA) is 58.4 Å². The van der Waals surface area contributed by atoms with Gasteiger partial charge in [-0.3, -0.25) is 4.79 Å². The van der Waals surface area contributed by atoms with Gasteiger partial charge in [-0.1, -0.05) is 13.3 Å². The standard InChI is InChI=1S/C11H25N3O/c1-3-4-8-14(10-7-12)9-5-6-11(15)13-2/h3-10,12H2,1-2H3,(H,13,15). The van der Waals surface area contributed by atoms with Crippen molar-refractivity contribution in [2.24, 2.45) is 5.73 Å². The Morgan fingerprint density at radius 2 is 1.93 bits per heavy atom. The van der Waals surface area contributed by atoms with Gasteiger partial charge in [-0.25, -0.2) is 0 Å². The van der Waals surface area contributed by atoms with Crippen LogP contribution in [0.15, 0.2) is 0 Å². The minimum atomic E-state index is 0.123. The number of nitrogens with two attached hydrogens (primary N) is 1. The molecule has 0 aromatic heterocycles. The molecule has 0 radical (unpaired) electrons. The second-order valence-corrected chi connectivity index (χ2v) is 3.76. The van der Waals surface area contributed by atoms with Crippen molar-refractivity contribution < 1.29 is 4.79 Å². The van der Waals surface area contributed by atoms with Gasteiger partial charge in [0.15, 0.2) is 0 Å². The van der Waals surface area contributed by atoms with Crippen molar-refractivity contribution in [3.05, 3.63) is 0 Å². The number of carbonyl (C=O) groups is 1. The van der Waals surface area contributed by atoms with Crippen LogP contribution >= 0.6 is 0 Å². The van der Waals surface area contributed by atoms with Crippen molar-refractivity contribution in [3.63, 3.8) is 0 Å². The number of nitrogens with zero attached hydrogens (tertiary/aromatic N) is 1. The highest BCUT2D eigenvalue weighted by molar-refractivity contribution is 5.75.